The quantitative estimate of drug-likeness (QED) is 0.754. The van der Waals surface area contributed by atoms with Crippen LogP contribution in [-0.2, 0) is 11.3 Å². The van der Waals surface area contributed by atoms with E-state index in [1.807, 2.05) is 0 Å². The summed E-state index contributed by atoms with van der Waals surface area (Å²) < 4.78 is 4.57. The molecule has 0 unspecified atom stereocenters. The van der Waals surface area contributed by atoms with E-state index in [0.29, 0.717) is 23.8 Å². The number of methoxy groups -OCH3 is 1. The van der Waals surface area contributed by atoms with Crippen molar-refractivity contribution in [3.8, 4) is 0 Å². The van der Waals surface area contributed by atoms with Crippen molar-refractivity contribution in [1.29, 1.82) is 0 Å². The monoisotopic (exact) mass is 228 g/mol. The van der Waals surface area contributed by atoms with Gasteiger partial charge in [-0.15, -0.1) is 0 Å². The minimum absolute atomic E-state index is 0.372. The van der Waals surface area contributed by atoms with Crippen LogP contribution in [0.4, 0.5) is 0 Å². The van der Waals surface area contributed by atoms with Crippen LogP contribution >= 0.6 is 11.6 Å². The molecule has 0 saturated carbocycles. The molecule has 0 spiro atoms. The molecule has 0 atom stereocenters. The van der Waals surface area contributed by atoms with Gasteiger partial charge in [0.05, 0.1) is 7.11 Å². The molecule has 0 aliphatic heterocycles. The summed E-state index contributed by atoms with van der Waals surface area (Å²) in [6.45, 7) is 4.72. The Morgan fingerprint density at radius 1 is 1.73 bits per heavy atom. The molecule has 82 valence electrons. The normalized spacial score (nSPS) is 10.0. The van der Waals surface area contributed by atoms with E-state index < -0.39 is 0 Å². The van der Waals surface area contributed by atoms with Gasteiger partial charge in [-0.1, -0.05) is 18.2 Å². The molecular weight excluding hydrogens is 216 g/mol. The first-order valence-corrected chi connectivity index (χ1v) is 4.81. The van der Waals surface area contributed by atoms with Gasteiger partial charge in [0.1, 0.15) is 5.69 Å². The number of carbonyl (C=O) groups is 1. The molecule has 1 aromatic heterocycles. The average Bonchev–Trinajstić information content (AvgIpc) is 2.65. The van der Waals surface area contributed by atoms with Crippen LogP contribution in [0.15, 0.2) is 23.9 Å². The van der Waals surface area contributed by atoms with Gasteiger partial charge in [-0.05, 0) is 11.6 Å². The summed E-state index contributed by atoms with van der Waals surface area (Å²) >= 11 is 5.58. The van der Waals surface area contributed by atoms with Gasteiger partial charge < -0.3 is 15.0 Å². The van der Waals surface area contributed by atoms with Crippen LogP contribution in [0.25, 0.3) is 0 Å². The number of aromatic nitrogens is 1. The van der Waals surface area contributed by atoms with Crippen LogP contribution in [-0.4, -0.2) is 24.6 Å². The molecule has 0 aromatic carbocycles. The highest BCUT2D eigenvalue weighted by molar-refractivity contribution is 6.29. The lowest BCUT2D eigenvalue weighted by atomic mass is 10.3. The van der Waals surface area contributed by atoms with Crippen molar-refractivity contribution < 1.29 is 9.53 Å². The molecule has 2 N–H and O–H groups in total. The fourth-order valence-corrected chi connectivity index (χ4v) is 1.21. The fraction of sp³-hybridized carbons (Fsp3) is 0.300. The number of rotatable bonds is 5. The maximum atomic E-state index is 11.1. The summed E-state index contributed by atoms with van der Waals surface area (Å²) in [7, 11) is 1.35. The zero-order valence-electron chi connectivity index (χ0n) is 8.47. The van der Waals surface area contributed by atoms with E-state index in [0.717, 1.165) is 5.56 Å². The molecule has 0 fully saturated rings. The average molecular weight is 229 g/mol. The highest BCUT2D eigenvalue weighted by Gasteiger charge is 2.07. The van der Waals surface area contributed by atoms with Crippen LogP contribution in [0.3, 0.4) is 0 Å². The highest BCUT2D eigenvalue weighted by atomic mass is 35.5. The smallest absolute Gasteiger partial charge is 0.354 e. The minimum Gasteiger partial charge on any atom is -0.464 e. The van der Waals surface area contributed by atoms with Crippen molar-refractivity contribution in [2.24, 2.45) is 0 Å². The number of esters is 1. The van der Waals surface area contributed by atoms with E-state index in [1.54, 1.807) is 12.3 Å². The number of carbonyl (C=O) groups excluding carboxylic acids is 1. The number of hydrogen-bond acceptors (Lipinski definition) is 3. The molecule has 0 amide bonds. The van der Waals surface area contributed by atoms with E-state index in [-0.39, 0.29) is 5.97 Å². The second kappa shape index (κ2) is 5.58. The second-order valence-electron chi connectivity index (χ2n) is 3.03. The lowest BCUT2D eigenvalue weighted by Crippen LogP contribution is -2.13. The van der Waals surface area contributed by atoms with Crippen LogP contribution in [0.5, 0.6) is 0 Å². The molecular formula is C10H13ClN2O2. The van der Waals surface area contributed by atoms with E-state index in [1.165, 1.54) is 7.11 Å². The molecule has 1 aromatic rings. The lowest BCUT2D eigenvalue weighted by molar-refractivity contribution is 0.0595. The number of H-pyrrole nitrogens is 1. The first-order chi connectivity index (χ1) is 7.13. The summed E-state index contributed by atoms with van der Waals surface area (Å²) in [5.41, 5.74) is 1.41. The summed E-state index contributed by atoms with van der Waals surface area (Å²) in [6, 6.07) is 1.73. The zero-order chi connectivity index (χ0) is 11.3. The first-order valence-electron chi connectivity index (χ1n) is 4.43. The molecule has 4 nitrogen and oxygen atoms in total. The van der Waals surface area contributed by atoms with Crippen molar-refractivity contribution in [3.05, 3.63) is 35.1 Å². The predicted molar refractivity (Wildman–Crippen MR) is 58.8 cm³/mol. The van der Waals surface area contributed by atoms with Gasteiger partial charge in [0.2, 0.25) is 0 Å². The van der Waals surface area contributed by atoms with Gasteiger partial charge in [0.25, 0.3) is 0 Å². The fourth-order valence-electron chi connectivity index (χ4n) is 1.11. The molecule has 0 saturated heterocycles. The maximum Gasteiger partial charge on any atom is 0.354 e. The third kappa shape index (κ3) is 3.77. The standard InChI is InChI=1S/C10H13ClN2O2/c1-7(11)4-12-5-8-3-9(13-6-8)10(14)15-2/h3,6,12-13H,1,4-5H2,2H3. The van der Waals surface area contributed by atoms with Crippen molar-refractivity contribution in [2.75, 3.05) is 13.7 Å². The topological polar surface area (TPSA) is 54.1 Å². The Hall–Kier alpha value is -1.26. The van der Waals surface area contributed by atoms with Crippen molar-refractivity contribution in [2.45, 2.75) is 6.54 Å². The first kappa shape index (κ1) is 11.8. The predicted octanol–water partition coefficient (Wildman–Crippen LogP) is 1.64. The SMILES string of the molecule is C=C(Cl)CNCc1c[nH]c(C(=O)OC)c1. The zero-order valence-corrected chi connectivity index (χ0v) is 9.23. The van der Waals surface area contributed by atoms with Gasteiger partial charge in [0.15, 0.2) is 0 Å². The van der Waals surface area contributed by atoms with E-state index in [9.17, 15) is 4.79 Å². The van der Waals surface area contributed by atoms with Crippen molar-refractivity contribution in [1.82, 2.24) is 10.3 Å². The third-order valence-electron chi connectivity index (χ3n) is 1.79. The largest absolute Gasteiger partial charge is 0.464 e. The third-order valence-corrected chi connectivity index (χ3v) is 1.93. The van der Waals surface area contributed by atoms with Crippen LogP contribution in [0.2, 0.25) is 0 Å². The van der Waals surface area contributed by atoms with E-state index >= 15 is 0 Å². The summed E-state index contributed by atoms with van der Waals surface area (Å²) in [5, 5.41) is 3.62. The number of hydrogen-bond donors (Lipinski definition) is 2. The molecule has 1 heterocycles. The molecule has 0 bridgehead atoms. The second-order valence-corrected chi connectivity index (χ2v) is 3.57. The van der Waals surface area contributed by atoms with Gasteiger partial charge >= 0.3 is 5.97 Å². The summed E-state index contributed by atoms with van der Waals surface area (Å²) in [4.78, 5) is 13.9. The molecule has 0 radical (unpaired) electrons. The minimum atomic E-state index is -0.372. The maximum absolute atomic E-state index is 11.1. The lowest BCUT2D eigenvalue weighted by Gasteiger charge is -1.99. The number of nitrogens with one attached hydrogen (secondary N) is 2. The Morgan fingerprint density at radius 3 is 3.07 bits per heavy atom. The van der Waals surface area contributed by atoms with Crippen molar-refractivity contribution in [3.63, 3.8) is 0 Å². The Bertz CT molecular complexity index is 360. The van der Waals surface area contributed by atoms with Gasteiger partial charge in [-0.25, -0.2) is 4.79 Å². The van der Waals surface area contributed by atoms with Gasteiger partial charge in [-0.2, -0.15) is 0 Å². The Morgan fingerprint density at radius 2 is 2.47 bits per heavy atom. The number of ether oxygens (including phenoxy) is 1. The van der Waals surface area contributed by atoms with Crippen LogP contribution in [0.1, 0.15) is 16.1 Å². The number of halogens is 1. The van der Waals surface area contributed by atoms with E-state index in [2.05, 4.69) is 21.6 Å². The molecule has 1 rings (SSSR count). The summed E-state index contributed by atoms with van der Waals surface area (Å²) in [6.07, 6.45) is 1.75. The number of aromatic amines is 1. The van der Waals surface area contributed by atoms with Gasteiger partial charge in [0, 0.05) is 24.3 Å². The van der Waals surface area contributed by atoms with E-state index in [4.69, 9.17) is 11.6 Å². The summed E-state index contributed by atoms with van der Waals surface area (Å²) in [5.74, 6) is -0.372. The molecule has 0 aliphatic carbocycles. The molecule has 15 heavy (non-hydrogen) atoms. The van der Waals surface area contributed by atoms with Crippen LogP contribution in [0, 0.1) is 0 Å². The Kier molecular flexibility index (Phi) is 4.39. The Labute approximate surface area is 93.3 Å². The highest BCUT2D eigenvalue weighted by Crippen LogP contribution is 2.04. The molecule has 5 heteroatoms. The van der Waals surface area contributed by atoms with Gasteiger partial charge in [-0.3, -0.25) is 0 Å². The van der Waals surface area contributed by atoms with Crippen molar-refractivity contribution >= 4 is 17.6 Å². The molecule has 0 aliphatic rings. The Balaban J connectivity index is 2.46. The van der Waals surface area contributed by atoms with Crippen LogP contribution < -0.4 is 5.32 Å².